The van der Waals surface area contributed by atoms with Crippen LogP contribution in [0.3, 0.4) is 0 Å². The zero-order chi connectivity index (χ0) is 14.9. The van der Waals surface area contributed by atoms with Crippen LogP contribution in [0.25, 0.3) is 0 Å². The first-order valence-electron chi connectivity index (χ1n) is 7.16. The van der Waals surface area contributed by atoms with Crippen LogP contribution >= 0.6 is 0 Å². The van der Waals surface area contributed by atoms with Crippen molar-refractivity contribution in [1.29, 1.82) is 0 Å². The maximum Gasteiger partial charge on any atom is 0.273 e. The van der Waals surface area contributed by atoms with E-state index in [-0.39, 0.29) is 10.6 Å². The molecular weight excluding hydrogens is 254 g/mol. The van der Waals surface area contributed by atoms with Gasteiger partial charge in [0.05, 0.1) is 4.92 Å². The second-order valence-electron chi connectivity index (χ2n) is 5.96. The minimum atomic E-state index is -0.328. The quantitative estimate of drug-likeness (QED) is 0.678. The lowest BCUT2D eigenvalue weighted by atomic mass is 9.85. The summed E-state index contributed by atoms with van der Waals surface area (Å²) >= 11 is 0. The average molecular weight is 277 g/mol. The molecule has 3 unspecified atom stereocenters. The average Bonchev–Trinajstić information content (AvgIpc) is 2.42. The molecule has 0 aromatic heterocycles. The normalized spacial score (nSPS) is 26.4. The molecule has 20 heavy (non-hydrogen) atoms. The fourth-order valence-corrected chi connectivity index (χ4v) is 3.07. The van der Waals surface area contributed by atoms with Crippen LogP contribution in [0.1, 0.15) is 27.2 Å². The summed E-state index contributed by atoms with van der Waals surface area (Å²) in [5.74, 6) is 1.20. The molecule has 1 aromatic carbocycles. The standard InChI is InChI=1S/C15H23N3O2/c1-10-5-11(2)12(3)17(9-10)14-6-13(16-4)7-15(8-14)18(19)20/h6-8,10-12,16H,5,9H2,1-4H3. The van der Waals surface area contributed by atoms with E-state index in [4.69, 9.17) is 0 Å². The molecule has 1 saturated heterocycles. The first-order chi connectivity index (χ1) is 9.42. The van der Waals surface area contributed by atoms with E-state index < -0.39 is 0 Å². The van der Waals surface area contributed by atoms with Crippen molar-refractivity contribution in [2.45, 2.75) is 33.2 Å². The van der Waals surface area contributed by atoms with Gasteiger partial charge in [-0.25, -0.2) is 0 Å². The number of nitro benzene ring substituents is 1. The van der Waals surface area contributed by atoms with Crippen molar-refractivity contribution < 1.29 is 4.92 Å². The zero-order valence-electron chi connectivity index (χ0n) is 12.6. The predicted molar refractivity (Wildman–Crippen MR) is 82.4 cm³/mol. The maximum absolute atomic E-state index is 11.1. The molecule has 3 atom stereocenters. The first-order valence-corrected chi connectivity index (χ1v) is 7.16. The van der Waals surface area contributed by atoms with Gasteiger partial charge in [0.1, 0.15) is 0 Å². The Morgan fingerprint density at radius 2 is 2.00 bits per heavy atom. The van der Waals surface area contributed by atoms with Gasteiger partial charge >= 0.3 is 0 Å². The first kappa shape index (κ1) is 14.6. The molecule has 0 radical (unpaired) electrons. The highest BCUT2D eigenvalue weighted by molar-refractivity contribution is 5.65. The Hall–Kier alpha value is -1.78. The van der Waals surface area contributed by atoms with Crippen molar-refractivity contribution in [3.05, 3.63) is 28.3 Å². The third-order valence-electron chi connectivity index (χ3n) is 4.33. The van der Waals surface area contributed by atoms with Gasteiger partial charge in [-0.15, -0.1) is 0 Å². The van der Waals surface area contributed by atoms with Gasteiger partial charge in [-0.1, -0.05) is 13.8 Å². The van der Waals surface area contributed by atoms with Crippen LogP contribution in [0.4, 0.5) is 17.1 Å². The van der Waals surface area contributed by atoms with Gasteiger partial charge < -0.3 is 10.2 Å². The topological polar surface area (TPSA) is 58.4 Å². The lowest BCUT2D eigenvalue weighted by molar-refractivity contribution is -0.384. The van der Waals surface area contributed by atoms with Gasteiger partial charge in [0.25, 0.3) is 5.69 Å². The lowest BCUT2D eigenvalue weighted by Gasteiger charge is -2.42. The number of anilines is 2. The molecule has 5 heteroatoms. The van der Waals surface area contributed by atoms with Gasteiger partial charge in [0.15, 0.2) is 0 Å². The molecule has 0 aliphatic carbocycles. The SMILES string of the molecule is CNc1cc(N2CC(C)CC(C)C2C)cc([N+](=O)[O-])c1. The molecular formula is C15H23N3O2. The van der Waals surface area contributed by atoms with E-state index in [0.29, 0.717) is 17.9 Å². The second kappa shape index (κ2) is 5.69. The number of nitrogens with one attached hydrogen (secondary N) is 1. The van der Waals surface area contributed by atoms with Crippen LogP contribution in [-0.4, -0.2) is 24.6 Å². The van der Waals surface area contributed by atoms with Crippen LogP contribution in [0.2, 0.25) is 0 Å². The Bertz CT molecular complexity index is 504. The van der Waals surface area contributed by atoms with E-state index in [2.05, 4.69) is 31.0 Å². The van der Waals surface area contributed by atoms with E-state index >= 15 is 0 Å². The number of non-ortho nitro benzene ring substituents is 1. The molecule has 1 aliphatic rings. The summed E-state index contributed by atoms with van der Waals surface area (Å²) in [5, 5.41) is 14.1. The molecule has 1 aromatic rings. The summed E-state index contributed by atoms with van der Waals surface area (Å²) in [6.07, 6.45) is 1.21. The third kappa shape index (κ3) is 2.86. The van der Waals surface area contributed by atoms with E-state index in [9.17, 15) is 10.1 Å². The number of hydrogen-bond donors (Lipinski definition) is 1. The van der Waals surface area contributed by atoms with Crippen molar-refractivity contribution in [3.63, 3.8) is 0 Å². The highest BCUT2D eigenvalue weighted by atomic mass is 16.6. The van der Waals surface area contributed by atoms with Crippen LogP contribution in [0.15, 0.2) is 18.2 Å². The fourth-order valence-electron chi connectivity index (χ4n) is 3.07. The summed E-state index contributed by atoms with van der Waals surface area (Å²) in [5.41, 5.74) is 1.87. The molecule has 5 nitrogen and oxygen atoms in total. The fraction of sp³-hybridized carbons (Fsp3) is 0.600. The molecule has 0 bridgehead atoms. The Kier molecular flexibility index (Phi) is 4.16. The summed E-state index contributed by atoms with van der Waals surface area (Å²) in [7, 11) is 1.79. The molecule has 0 spiro atoms. The monoisotopic (exact) mass is 277 g/mol. The van der Waals surface area contributed by atoms with Crippen molar-refractivity contribution in [1.82, 2.24) is 0 Å². The van der Waals surface area contributed by atoms with Crippen LogP contribution in [-0.2, 0) is 0 Å². The van der Waals surface area contributed by atoms with Gasteiger partial charge in [0, 0.05) is 43.1 Å². The number of rotatable bonds is 3. The number of nitro groups is 1. The number of hydrogen-bond acceptors (Lipinski definition) is 4. The summed E-state index contributed by atoms with van der Waals surface area (Å²) in [6.45, 7) is 7.65. The number of benzene rings is 1. The van der Waals surface area contributed by atoms with Crippen molar-refractivity contribution in [3.8, 4) is 0 Å². The molecule has 0 amide bonds. The van der Waals surface area contributed by atoms with Gasteiger partial charge in [-0.05, 0) is 31.2 Å². The Balaban J connectivity index is 2.39. The van der Waals surface area contributed by atoms with Crippen LogP contribution in [0, 0.1) is 22.0 Å². The smallest absolute Gasteiger partial charge is 0.273 e. The van der Waals surface area contributed by atoms with Gasteiger partial charge in [0.2, 0.25) is 0 Å². The third-order valence-corrected chi connectivity index (χ3v) is 4.33. The van der Waals surface area contributed by atoms with Crippen LogP contribution in [0.5, 0.6) is 0 Å². The molecule has 1 N–H and O–H groups in total. The Morgan fingerprint density at radius 3 is 2.60 bits per heavy atom. The van der Waals surface area contributed by atoms with E-state index in [1.807, 2.05) is 6.07 Å². The van der Waals surface area contributed by atoms with Crippen molar-refractivity contribution in [2.75, 3.05) is 23.8 Å². The molecule has 1 fully saturated rings. The molecule has 2 rings (SSSR count). The summed E-state index contributed by atoms with van der Waals surface area (Å²) in [4.78, 5) is 13.0. The van der Waals surface area contributed by atoms with Gasteiger partial charge in [-0.3, -0.25) is 10.1 Å². The largest absolute Gasteiger partial charge is 0.388 e. The van der Waals surface area contributed by atoms with Crippen molar-refractivity contribution >= 4 is 17.1 Å². The Labute approximate surface area is 120 Å². The van der Waals surface area contributed by atoms with Gasteiger partial charge in [-0.2, -0.15) is 0 Å². The van der Waals surface area contributed by atoms with E-state index in [0.717, 1.165) is 17.9 Å². The molecule has 1 aliphatic heterocycles. The minimum Gasteiger partial charge on any atom is -0.388 e. The minimum absolute atomic E-state index is 0.143. The predicted octanol–water partition coefficient (Wildman–Crippen LogP) is 3.51. The second-order valence-corrected chi connectivity index (χ2v) is 5.96. The zero-order valence-corrected chi connectivity index (χ0v) is 12.6. The van der Waals surface area contributed by atoms with E-state index in [1.165, 1.54) is 6.42 Å². The Morgan fingerprint density at radius 1 is 1.30 bits per heavy atom. The summed E-state index contributed by atoms with van der Waals surface area (Å²) < 4.78 is 0. The van der Waals surface area contributed by atoms with Crippen LogP contribution < -0.4 is 10.2 Å². The van der Waals surface area contributed by atoms with E-state index in [1.54, 1.807) is 19.2 Å². The molecule has 1 heterocycles. The maximum atomic E-state index is 11.1. The lowest BCUT2D eigenvalue weighted by Crippen LogP contribution is -2.45. The van der Waals surface area contributed by atoms with Crippen molar-refractivity contribution in [2.24, 2.45) is 11.8 Å². The number of piperidine rings is 1. The summed E-state index contributed by atoms with van der Waals surface area (Å²) in [6, 6.07) is 5.65. The number of nitrogens with zero attached hydrogens (tertiary/aromatic N) is 2. The highest BCUT2D eigenvalue weighted by Crippen LogP contribution is 2.34. The molecule has 0 saturated carbocycles. The molecule has 110 valence electrons. The highest BCUT2D eigenvalue weighted by Gasteiger charge is 2.29.